The highest BCUT2D eigenvalue weighted by Gasteiger charge is 2.32. The minimum absolute atomic E-state index is 0.0972. The van der Waals surface area contributed by atoms with Crippen LogP contribution in [-0.4, -0.2) is 23.7 Å². The number of halogens is 3. The predicted octanol–water partition coefficient (Wildman–Crippen LogP) is 1.79. The first-order valence-corrected chi connectivity index (χ1v) is 3.56. The van der Waals surface area contributed by atoms with Crippen molar-refractivity contribution in [1.82, 2.24) is 0 Å². The molecule has 0 aromatic carbocycles. The normalized spacial score (nSPS) is 11.0. The van der Waals surface area contributed by atoms with Gasteiger partial charge < -0.3 is 10.1 Å². The van der Waals surface area contributed by atoms with Crippen LogP contribution in [-0.2, 0) is 9.53 Å². The van der Waals surface area contributed by atoms with Crippen LogP contribution in [0.4, 0.5) is 8.78 Å². The van der Waals surface area contributed by atoms with Crippen molar-refractivity contribution in [3.63, 3.8) is 0 Å². The number of carbonyl (C=O) groups excluding carboxylic acids is 1. The third kappa shape index (κ3) is 4.23. The van der Waals surface area contributed by atoms with Gasteiger partial charge in [-0.25, -0.2) is 0 Å². The Morgan fingerprint density at radius 1 is 1.67 bits per heavy atom. The second kappa shape index (κ2) is 4.35. The summed E-state index contributed by atoms with van der Waals surface area (Å²) in [5.74, 6) is -0.872. The van der Waals surface area contributed by atoms with E-state index in [2.05, 4.69) is 16.3 Å². The lowest BCUT2D eigenvalue weighted by Gasteiger charge is -2.08. The van der Waals surface area contributed by atoms with E-state index in [1.54, 1.807) is 6.92 Å². The van der Waals surface area contributed by atoms with Gasteiger partial charge in [-0.3, -0.25) is 4.79 Å². The zero-order chi connectivity index (χ0) is 9.78. The molecule has 6 heteroatoms. The number of ether oxygens (including phenoxy) is 1. The van der Waals surface area contributed by atoms with Crippen molar-refractivity contribution in [2.45, 2.75) is 18.7 Å². The smallest absolute Gasteiger partial charge is 0.360 e. The van der Waals surface area contributed by atoms with E-state index in [0.717, 1.165) is 0 Å². The van der Waals surface area contributed by atoms with E-state index in [1.807, 2.05) is 0 Å². The number of rotatable bonds is 4. The molecule has 0 unspecified atom stereocenters. The number of esters is 1. The predicted molar refractivity (Wildman–Crippen MR) is 39.8 cm³/mol. The highest BCUT2D eigenvalue weighted by Crippen LogP contribution is 2.21. The Hall–Kier alpha value is -0.710. The maximum atomic E-state index is 12.0. The van der Waals surface area contributed by atoms with Gasteiger partial charge in [0.2, 0.25) is 0 Å². The fourth-order valence-corrected chi connectivity index (χ4v) is 0.523. The molecule has 0 aliphatic rings. The van der Waals surface area contributed by atoms with E-state index < -0.39 is 23.5 Å². The van der Waals surface area contributed by atoms with E-state index in [-0.39, 0.29) is 6.61 Å². The van der Waals surface area contributed by atoms with Crippen LogP contribution in [0, 0.1) is 5.41 Å². The third-order valence-electron chi connectivity index (χ3n) is 0.969. The van der Waals surface area contributed by atoms with Crippen molar-refractivity contribution in [3.05, 3.63) is 0 Å². The van der Waals surface area contributed by atoms with Crippen molar-refractivity contribution in [2.24, 2.45) is 0 Å². The molecule has 0 saturated carbocycles. The summed E-state index contributed by atoms with van der Waals surface area (Å²) < 4.78 is 28.4. The van der Waals surface area contributed by atoms with Gasteiger partial charge in [-0.15, -0.1) is 0 Å². The van der Waals surface area contributed by atoms with Crippen LogP contribution in [0.15, 0.2) is 0 Å². The molecule has 0 aromatic rings. The Balaban J connectivity index is 3.94. The minimum atomic E-state index is -3.76. The molecule has 0 radical (unpaired) electrons. The summed E-state index contributed by atoms with van der Waals surface area (Å²) in [6, 6.07) is 0. The average Bonchev–Trinajstić information content (AvgIpc) is 1.85. The zero-order valence-electron chi connectivity index (χ0n) is 6.36. The Bertz CT molecular complexity index is 190. The number of carbonyl (C=O) groups is 1. The van der Waals surface area contributed by atoms with Crippen LogP contribution in [0.2, 0.25) is 0 Å². The molecule has 0 aliphatic carbocycles. The van der Waals surface area contributed by atoms with Gasteiger partial charge in [0.15, 0.2) is 0 Å². The average molecular weight is 200 g/mol. The van der Waals surface area contributed by atoms with E-state index in [0.29, 0.717) is 0 Å². The van der Waals surface area contributed by atoms with Crippen molar-refractivity contribution in [1.29, 1.82) is 5.41 Å². The molecule has 0 saturated heterocycles. The molecule has 0 bridgehead atoms. The Kier molecular flexibility index (Phi) is 4.09. The standard InChI is InChI=1S/C6H8ClF2NO2/c1-2-12-5(11)3-4(10)6(7,8)9/h10H,2-3H2,1H3. The van der Waals surface area contributed by atoms with Crippen molar-refractivity contribution in [3.8, 4) is 0 Å². The van der Waals surface area contributed by atoms with E-state index >= 15 is 0 Å². The molecule has 0 amide bonds. The zero-order valence-corrected chi connectivity index (χ0v) is 7.12. The molecule has 12 heavy (non-hydrogen) atoms. The van der Waals surface area contributed by atoms with Gasteiger partial charge in [-0.1, -0.05) is 0 Å². The van der Waals surface area contributed by atoms with Crippen LogP contribution in [0.1, 0.15) is 13.3 Å². The third-order valence-corrected chi connectivity index (χ3v) is 1.20. The van der Waals surface area contributed by atoms with Gasteiger partial charge in [0.25, 0.3) is 0 Å². The highest BCUT2D eigenvalue weighted by molar-refractivity contribution is 6.34. The number of hydrogen-bond acceptors (Lipinski definition) is 3. The number of alkyl halides is 3. The molecule has 0 fully saturated rings. The van der Waals surface area contributed by atoms with Crippen LogP contribution in [0.3, 0.4) is 0 Å². The maximum Gasteiger partial charge on any atom is 0.360 e. The van der Waals surface area contributed by atoms with Crippen LogP contribution >= 0.6 is 11.6 Å². The lowest BCUT2D eigenvalue weighted by atomic mass is 10.3. The summed E-state index contributed by atoms with van der Waals surface area (Å²) in [6.45, 7) is 1.64. The van der Waals surface area contributed by atoms with Crippen molar-refractivity contribution < 1.29 is 18.3 Å². The second-order valence-electron chi connectivity index (χ2n) is 1.96. The summed E-state index contributed by atoms with van der Waals surface area (Å²) in [7, 11) is 0. The van der Waals surface area contributed by atoms with E-state index in [9.17, 15) is 13.6 Å². The van der Waals surface area contributed by atoms with E-state index in [4.69, 9.17) is 5.41 Å². The summed E-state index contributed by atoms with van der Waals surface area (Å²) in [4.78, 5) is 10.5. The maximum absolute atomic E-state index is 12.0. The summed E-state index contributed by atoms with van der Waals surface area (Å²) in [5, 5.41) is 2.91. The Labute approximate surface area is 73.2 Å². The fourth-order valence-electron chi connectivity index (χ4n) is 0.457. The monoisotopic (exact) mass is 199 g/mol. The molecule has 0 rings (SSSR count). The van der Waals surface area contributed by atoms with Gasteiger partial charge in [-0.05, 0) is 18.5 Å². The van der Waals surface area contributed by atoms with Gasteiger partial charge in [-0.2, -0.15) is 8.78 Å². The molecule has 0 heterocycles. The van der Waals surface area contributed by atoms with Gasteiger partial charge in [0.05, 0.1) is 13.0 Å². The van der Waals surface area contributed by atoms with Crippen LogP contribution in [0.5, 0.6) is 0 Å². The van der Waals surface area contributed by atoms with Crippen molar-refractivity contribution >= 4 is 23.3 Å². The highest BCUT2D eigenvalue weighted by atomic mass is 35.5. The molecular weight excluding hydrogens is 192 g/mol. The first-order valence-electron chi connectivity index (χ1n) is 3.18. The quantitative estimate of drug-likeness (QED) is 0.426. The van der Waals surface area contributed by atoms with Gasteiger partial charge in [0, 0.05) is 0 Å². The van der Waals surface area contributed by atoms with Crippen LogP contribution in [0.25, 0.3) is 0 Å². The molecule has 0 spiro atoms. The Morgan fingerprint density at radius 2 is 2.17 bits per heavy atom. The second-order valence-corrected chi connectivity index (χ2v) is 2.43. The topological polar surface area (TPSA) is 50.2 Å². The van der Waals surface area contributed by atoms with Gasteiger partial charge in [0.1, 0.15) is 5.71 Å². The first-order chi connectivity index (χ1) is 5.38. The molecule has 1 N–H and O–H groups in total. The molecule has 3 nitrogen and oxygen atoms in total. The fraction of sp³-hybridized carbons (Fsp3) is 0.667. The first kappa shape index (κ1) is 11.3. The molecule has 70 valence electrons. The minimum Gasteiger partial charge on any atom is -0.466 e. The van der Waals surface area contributed by atoms with Crippen LogP contribution < -0.4 is 0 Å². The summed E-state index contributed by atoms with van der Waals surface area (Å²) in [6.07, 6.45) is -0.773. The molecule has 0 atom stereocenters. The number of nitrogens with one attached hydrogen (secondary N) is 1. The lowest BCUT2D eigenvalue weighted by molar-refractivity contribution is -0.141. The summed E-state index contributed by atoms with van der Waals surface area (Å²) >= 11 is 4.46. The lowest BCUT2D eigenvalue weighted by Crippen LogP contribution is -2.24. The van der Waals surface area contributed by atoms with Crippen molar-refractivity contribution in [2.75, 3.05) is 6.61 Å². The van der Waals surface area contributed by atoms with Gasteiger partial charge >= 0.3 is 11.4 Å². The molecule has 0 aromatic heterocycles. The van der Waals surface area contributed by atoms with E-state index in [1.165, 1.54) is 0 Å². The largest absolute Gasteiger partial charge is 0.466 e. The summed E-state index contributed by atoms with van der Waals surface area (Å²) in [5.41, 5.74) is -1.15. The molecule has 0 aliphatic heterocycles. The molecular formula is C6H8ClF2NO2. The SMILES string of the molecule is CCOC(=O)CC(=N)C(F)(F)Cl. The Morgan fingerprint density at radius 3 is 2.50 bits per heavy atom. The number of hydrogen-bond donors (Lipinski definition) is 1.